The predicted molar refractivity (Wildman–Crippen MR) is 152 cm³/mol. The lowest BCUT2D eigenvalue weighted by atomic mass is 10.1. The zero-order chi connectivity index (χ0) is 27.4. The Labute approximate surface area is 225 Å². The van der Waals surface area contributed by atoms with Crippen molar-refractivity contribution < 1.29 is 13.8 Å². The summed E-state index contributed by atoms with van der Waals surface area (Å²) in [5.41, 5.74) is 1.86. The molecule has 0 aromatic carbocycles. The van der Waals surface area contributed by atoms with Gasteiger partial charge in [-0.2, -0.15) is 5.26 Å². The molecule has 37 heavy (non-hydrogen) atoms. The maximum absolute atomic E-state index is 13.1. The number of pyridine rings is 1. The smallest absolute Gasteiger partial charge is 0.259 e. The molecule has 2 heterocycles. The Balaban J connectivity index is 2.12. The molecular formula is C28H49N4O4P. The second kappa shape index (κ2) is 16.5. The molecule has 0 amide bonds. The number of nitrogens with one attached hydrogen (secondary N) is 1. The highest BCUT2D eigenvalue weighted by Crippen LogP contribution is 2.50. The molecule has 1 saturated heterocycles. The summed E-state index contributed by atoms with van der Waals surface area (Å²) in [6.07, 6.45) is 8.95. The summed E-state index contributed by atoms with van der Waals surface area (Å²) in [6.45, 7) is 16.0. The van der Waals surface area contributed by atoms with E-state index in [0.29, 0.717) is 19.4 Å². The maximum atomic E-state index is 13.1. The minimum Gasteiger partial charge on any atom is -0.385 e. The van der Waals surface area contributed by atoms with Crippen molar-refractivity contribution in [1.82, 2.24) is 9.24 Å². The van der Waals surface area contributed by atoms with Crippen LogP contribution in [0, 0.1) is 18.3 Å². The average molecular weight is 537 g/mol. The number of rotatable bonds is 17. The third-order valence-corrected chi connectivity index (χ3v) is 8.81. The first kappa shape index (κ1) is 31.7. The largest absolute Gasteiger partial charge is 0.385 e. The van der Waals surface area contributed by atoms with Crippen molar-refractivity contribution in [3.63, 3.8) is 0 Å². The van der Waals surface area contributed by atoms with Crippen LogP contribution in [0.1, 0.15) is 105 Å². The van der Waals surface area contributed by atoms with Gasteiger partial charge in [-0.15, -0.1) is 0 Å². The molecule has 4 unspecified atom stereocenters. The lowest BCUT2D eigenvalue weighted by molar-refractivity contribution is -0.0195. The molecule has 1 aliphatic rings. The highest BCUT2D eigenvalue weighted by Gasteiger charge is 2.40. The summed E-state index contributed by atoms with van der Waals surface area (Å²) in [6, 6.07) is 4.29. The minimum absolute atomic E-state index is 0.0712. The SMILES string of the molecule is CCCCCCCNc1cc(=O)n(C2CC(OP(OCCC#N)N(C(C)C)C(C)C)C(CC)O2)cc1C. The quantitative estimate of drug-likeness (QED) is 0.171. The van der Waals surface area contributed by atoms with Crippen LogP contribution in [-0.4, -0.2) is 46.7 Å². The van der Waals surface area contributed by atoms with Crippen molar-refractivity contribution in [1.29, 1.82) is 5.26 Å². The molecule has 1 aromatic heterocycles. The Hall–Kier alpha value is -1.49. The van der Waals surface area contributed by atoms with Gasteiger partial charge in [-0.05, 0) is 53.0 Å². The van der Waals surface area contributed by atoms with Crippen LogP contribution in [0.3, 0.4) is 0 Å². The van der Waals surface area contributed by atoms with Crippen molar-refractivity contribution >= 4 is 14.2 Å². The van der Waals surface area contributed by atoms with Crippen LogP contribution >= 0.6 is 8.53 Å². The minimum atomic E-state index is -1.37. The summed E-state index contributed by atoms with van der Waals surface area (Å²) in [7, 11) is -1.37. The summed E-state index contributed by atoms with van der Waals surface area (Å²) < 4.78 is 23.0. The van der Waals surface area contributed by atoms with Gasteiger partial charge < -0.3 is 19.1 Å². The number of aromatic nitrogens is 1. The van der Waals surface area contributed by atoms with E-state index in [9.17, 15) is 4.79 Å². The fraction of sp³-hybridized carbons (Fsp3) is 0.786. The highest BCUT2D eigenvalue weighted by molar-refractivity contribution is 7.44. The highest BCUT2D eigenvalue weighted by atomic mass is 31.2. The van der Waals surface area contributed by atoms with E-state index in [1.54, 1.807) is 10.6 Å². The second-order valence-electron chi connectivity index (χ2n) is 10.4. The molecule has 0 bridgehead atoms. The Morgan fingerprint density at radius 2 is 1.92 bits per heavy atom. The van der Waals surface area contributed by atoms with Crippen LogP contribution in [0.15, 0.2) is 17.1 Å². The molecule has 2 rings (SSSR count). The third-order valence-electron chi connectivity index (χ3n) is 6.66. The lowest BCUT2D eigenvalue weighted by Crippen LogP contribution is -2.35. The van der Waals surface area contributed by atoms with E-state index < -0.39 is 8.53 Å². The van der Waals surface area contributed by atoms with Crippen molar-refractivity contribution in [2.24, 2.45) is 0 Å². The van der Waals surface area contributed by atoms with E-state index in [0.717, 1.165) is 30.6 Å². The van der Waals surface area contributed by atoms with Gasteiger partial charge in [0.15, 0.2) is 0 Å². The van der Waals surface area contributed by atoms with Gasteiger partial charge in [-0.1, -0.05) is 39.5 Å². The summed E-state index contributed by atoms with van der Waals surface area (Å²) in [5.74, 6) is 0. The monoisotopic (exact) mass is 536 g/mol. The Morgan fingerprint density at radius 1 is 1.22 bits per heavy atom. The molecule has 0 saturated carbocycles. The number of hydrogen-bond donors (Lipinski definition) is 1. The topological polar surface area (TPSA) is 88.8 Å². The normalized spacial score (nSPS) is 20.6. The van der Waals surface area contributed by atoms with Gasteiger partial charge in [-0.3, -0.25) is 9.36 Å². The molecule has 8 nitrogen and oxygen atoms in total. The van der Waals surface area contributed by atoms with Crippen LogP contribution in [-0.2, 0) is 13.8 Å². The maximum Gasteiger partial charge on any atom is 0.259 e. The molecule has 1 fully saturated rings. The third kappa shape index (κ3) is 9.64. The molecule has 0 aliphatic carbocycles. The first-order chi connectivity index (χ1) is 17.7. The van der Waals surface area contributed by atoms with E-state index in [1.807, 2.05) is 13.1 Å². The zero-order valence-corrected chi connectivity index (χ0v) is 24.9. The Morgan fingerprint density at radius 3 is 2.54 bits per heavy atom. The first-order valence-corrected chi connectivity index (χ1v) is 15.2. The number of hydrogen-bond acceptors (Lipinski definition) is 7. The fourth-order valence-corrected chi connectivity index (χ4v) is 6.53. The fourth-order valence-electron chi connectivity index (χ4n) is 4.78. The molecule has 1 aromatic rings. The number of unbranched alkanes of at least 4 members (excludes halogenated alkanes) is 4. The van der Waals surface area contributed by atoms with Crippen molar-refractivity contribution in [3.8, 4) is 6.07 Å². The van der Waals surface area contributed by atoms with E-state index in [4.69, 9.17) is 19.0 Å². The van der Waals surface area contributed by atoms with Crippen LogP contribution in [0.5, 0.6) is 0 Å². The van der Waals surface area contributed by atoms with Crippen molar-refractivity contribution in [3.05, 3.63) is 28.2 Å². The molecule has 210 valence electrons. The molecule has 1 aliphatic heterocycles. The van der Waals surface area contributed by atoms with Gasteiger partial charge >= 0.3 is 0 Å². The zero-order valence-electron chi connectivity index (χ0n) is 24.0. The van der Waals surface area contributed by atoms with E-state index >= 15 is 0 Å². The predicted octanol–water partition coefficient (Wildman–Crippen LogP) is 6.90. The van der Waals surface area contributed by atoms with Gasteiger partial charge in [-0.25, -0.2) is 4.67 Å². The van der Waals surface area contributed by atoms with Gasteiger partial charge in [0.25, 0.3) is 14.1 Å². The molecule has 1 N–H and O–H groups in total. The summed E-state index contributed by atoms with van der Waals surface area (Å²) in [5, 5.41) is 12.4. The molecule has 0 spiro atoms. The van der Waals surface area contributed by atoms with Gasteiger partial charge in [0.05, 0.1) is 31.3 Å². The second-order valence-corrected chi connectivity index (χ2v) is 11.8. The van der Waals surface area contributed by atoms with Crippen molar-refractivity contribution in [2.45, 2.75) is 130 Å². The lowest BCUT2D eigenvalue weighted by Gasteiger charge is -2.37. The van der Waals surface area contributed by atoms with E-state index in [1.165, 1.54) is 25.7 Å². The van der Waals surface area contributed by atoms with Crippen LogP contribution in [0.4, 0.5) is 5.69 Å². The van der Waals surface area contributed by atoms with E-state index in [-0.39, 0.29) is 36.1 Å². The summed E-state index contributed by atoms with van der Waals surface area (Å²) in [4.78, 5) is 13.1. The van der Waals surface area contributed by atoms with Crippen molar-refractivity contribution in [2.75, 3.05) is 18.5 Å². The number of nitriles is 1. The van der Waals surface area contributed by atoms with Crippen LogP contribution < -0.4 is 10.9 Å². The number of aryl methyl sites for hydroxylation is 1. The molecule has 0 radical (unpaired) electrons. The van der Waals surface area contributed by atoms with E-state index in [2.05, 4.69) is 57.6 Å². The first-order valence-electron chi connectivity index (χ1n) is 14.1. The van der Waals surface area contributed by atoms with Gasteiger partial charge in [0.1, 0.15) is 6.23 Å². The summed E-state index contributed by atoms with van der Waals surface area (Å²) >= 11 is 0. The number of nitrogens with zero attached hydrogens (tertiary/aromatic N) is 3. The van der Waals surface area contributed by atoms with Gasteiger partial charge in [0.2, 0.25) is 0 Å². The van der Waals surface area contributed by atoms with Crippen LogP contribution in [0.2, 0.25) is 0 Å². The van der Waals surface area contributed by atoms with Gasteiger partial charge in [0, 0.05) is 43.0 Å². The Kier molecular flexibility index (Phi) is 14.1. The Bertz CT molecular complexity index is 893. The standard InChI is InChI=1S/C28H49N4O4P/c1-8-10-11-12-13-16-30-24-18-27(33)31(20-23(24)7)28-19-26(25(9-2)35-28)36-37(34-17-14-15-29)32(21(3)4)22(5)6/h18,20-22,25-26,28,30H,8-14,16-17,19H2,1-7H3. The molecule has 9 heteroatoms. The van der Waals surface area contributed by atoms with Crippen LogP contribution in [0.25, 0.3) is 0 Å². The number of ether oxygens (including phenoxy) is 1. The number of anilines is 1. The molecular weight excluding hydrogens is 487 g/mol. The molecule has 4 atom stereocenters. The average Bonchev–Trinajstić information content (AvgIpc) is 3.25.